The summed E-state index contributed by atoms with van der Waals surface area (Å²) in [5, 5.41) is 6.04. The third-order valence-corrected chi connectivity index (χ3v) is 4.94. The van der Waals surface area contributed by atoms with Crippen molar-refractivity contribution < 1.29 is 4.79 Å². The van der Waals surface area contributed by atoms with Crippen LogP contribution >= 0.6 is 11.3 Å². The van der Waals surface area contributed by atoms with Crippen molar-refractivity contribution in [2.45, 2.75) is 33.6 Å². The molecule has 0 atom stereocenters. The molecule has 25 heavy (non-hydrogen) atoms. The van der Waals surface area contributed by atoms with Crippen LogP contribution in [0, 0.1) is 20.8 Å². The van der Waals surface area contributed by atoms with E-state index in [2.05, 4.69) is 34.3 Å². The highest BCUT2D eigenvalue weighted by Crippen LogP contribution is 2.24. The maximum absolute atomic E-state index is 12.3. The van der Waals surface area contributed by atoms with Crippen LogP contribution in [0.3, 0.4) is 0 Å². The Balaban J connectivity index is 1.61. The van der Waals surface area contributed by atoms with Crippen molar-refractivity contribution in [3.63, 3.8) is 0 Å². The second-order valence-electron chi connectivity index (χ2n) is 6.18. The molecule has 3 rings (SSSR count). The maximum atomic E-state index is 12.3. The molecule has 2 heterocycles. The molecule has 4 nitrogen and oxygen atoms in total. The lowest BCUT2D eigenvalue weighted by Crippen LogP contribution is -2.14. The lowest BCUT2D eigenvalue weighted by Gasteiger charge is -2.12. The van der Waals surface area contributed by atoms with E-state index in [1.54, 1.807) is 23.7 Å². The number of rotatable bonds is 5. The monoisotopic (exact) mass is 351 g/mol. The number of anilines is 1. The molecule has 3 aromatic rings. The average molecular weight is 351 g/mol. The minimum Gasteiger partial charge on any atom is -0.326 e. The van der Waals surface area contributed by atoms with Crippen LogP contribution in [0.4, 0.5) is 5.69 Å². The molecule has 0 saturated carbocycles. The van der Waals surface area contributed by atoms with Gasteiger partial charge in [0.15, 0.2) is 0 Å². The Labute approximate surface area is 152 Å². The van der Waals surface area contributed by atoms with E-state index in [1.165, 1.54) is 5.56 Å². The number of hydrogen-bond acceptors (Lipinski definition) is 4. The van der Waals surface area contributed by atoms with Gasteiger partial charge in [-0.25, -0.2) is 4.98 Å². The third-order valence-electron chi connectivity index (χ3n) is 4.04. The van der Waals surface area contributed by atoms with Crippen molar-refractivity contribution in [1.82, 2.24) is 9.97 Å². The van der Waals surface area contributed by atoms with Gasteiger partial charge in [0.2, 0.25) is 5.91 Å². The van der Waals surface area contributed by atoms with Gasteiger partial charge in [-0.2, -0.15) is 0 Å². The number of aromatic nitrogens is 2. The fourth-order valence-corrected chi connectivity index (χ4v) is 3.69. The molecule has 0 spiro atoms. The Morgan fingerprint density at radius 2 is 1.80 bits per heavy atom. The lowest BCUT2D eigenvalue weighted by atomic mass is 10.0. The largest absolute Gasteiger partial charge is 0.326 e. The van der Waals surface area contributed by atoms with E-state index in [9.17, 15) is 4.79 Å². The normalized spacial score (nSPS) is 10.7. The number of nitrogens with one attached hydrogen (secondary N) is 1. The Bertz CT molecular complexity index is 864. The fourth-order valence-electron chi connectivity index (χ4n) is 2.88. The SMILES string of the molecule is Cc1cc(C)c(NC(=O)CCc2nc(-c3ccncc3)cs2)c(C)c1. The molecule has 2 aromatic heterocycles. The van der Waals surface area contributed by atoms with Crippen molar-refractivity contribution >= 4 is 22.9 Å². The molecule has 0 aliphatic rings. The first-order valence-corrected chi connectivity index (χ1v) is 9.13. The summed E-state index contributed by atoms with van der Waals surface area (Å²) >= 11 is 1.59. The van der Waals surface area contributed by atoms with Crippen molar-refractivity contribution in [3.05, 3.63) is 63.7 Å². The molecule has 1 amide bonds. The topological polar surface area (TPSA) is 54.9 Å². The zero-order chi connectivity index (χ0) is 17.8. The van der Waals surface area contributed by atoms with Crippen molar-refractivity contribution in [3.8, 4) is 11.3 Å². The standard InChI is InChI=1S/C20H21N3OS/c1-13-10-14(2)20(15(3)11-13)23-18(24)4-5-19-22-17(12-25-19)16-6-8-21-9-7-16/h6-12H,4-5H2,1-3H3,(H,23,24). The maximum Gasteiger partial charge on any atom is 0.224 e. The highest BCUT2D eigenvalue weighted by Gasteiger charge is 2.10. The summed E-state index contributed by atoms with van der Waals surface area (Å²) in [7, 11) is 0. The fraction of sp³-hybridized carbons (Fsp3) is 0.250. The number of pyridine rings is 1. The van der Waals surface area contributed by atoms with Gasteiger partial charge in [0.1, 0.15) is 0 Å². The minimum atomic E-state index is 0.0238. The molecule has 0 aliphatic heterocycles. The number of carbonyl (C=O) groups excluding carboxylic acids is 1. The quantitative estimate of drug-likeness (QED) is 0.725. The van der Waals surface area contributed by atoms with Crippen molar-refractivity contribution in [2.75, 3.05) is 5.32 Å². The van der Waals surface area contributed by atoms with Gasteiger partial charge in [-0.1, -0.05) is 17.7 Å². The van der Waals surface area contributed by atoms with Crippen LogP contribution < -0.4 is 5.32 Å². The molecule has 0 aliphatic carbocycles. The number of aryl methyl sites for hydroxylation is 4. The summed E-state index contributed by atoms with van der Waals surface area (Å²) < 4.78 is 0. The molecule has 5 heteroatoms. The summed E-state index contributed by atoms with van der Waals surface area (Å²) in [6.45, 7) is 6.11. The second kappa shape index (κ2) is 7.57. The Morgan fingerprint density at radius 3 is 2.48 bits per heavy atom. The van der Waals surface area contributed by atoms with E-state index in [1.807, 2.05) is 31.4 Å². The second-order valence-corrected chi connectivity index (χ2v) is 7.13. The summed E-state index contributed by atoms with van der Waals surface area (Å²) in [5.41, 5.74) is 6.31. The molecule has 0 unspecified atom stereocenters. The van der Waals surface area contributed by atoms with E-state index in [4.69, 9.17) is 0 Å². The summed E-state index contributed by atoms with van der Waals surface area (Å²) in [4.78, 5) is 20.9. The van der Waals surface area contributed by atoms with Crippen molar-refractivity contribution in [2.24, 2.45) is 0 Å². The minimum absolute atomic E-state index is 0.0238. The number of carbonyl (C=O) groups is 1. The molecule has 0 fully saturated rings. The molecular formula is C20H21N3OS. The molecule has 0 bridgehead atoms. The molecule has 0 saturated heterocycles. The predicted molar refractivity (Wildman–Crippen MR) is 103 cm³/mol. The highest BCUT2D eigenvalue weighted by molar-refractivity contribution is 7.09. The molecular weight excluding hydrogens is 330 g/mol. The summed E-state index contributed by atoms with van der Waals surface area (Å²) in [6.07, 6.45) is 4.59. The molecule has 128 valence electrons. The van der Waals surface area contributed by atoms with Crippen LogP contribution in [0.2, 0.25) is 0 Å². The lowest BCUT2D eigenvalue weighted by molar-refractivity contribution is -0.116. The molecule has 1 aromatic carbocycles. The van der Waals surface area contributed by atoms with Crippen LogP contribution in [0.25, 0.3) is 11.3 Å². The van der Waals surface area contributed by atoms with Crippen LogP contribution in [0.15, 0.2) is 42.0 Å². The summed E-state index contributed by atoms with van der Waals surface area (Å²) in [5.74, 6) is 0.0238. The number of thiazole rings is 1. The average Bonchev–Trinajstić information content (AvgIpc) is 3.06. The molecule has 0 radical (unpaired) electrons. The first-order valence-electron chi connectivity index (χ1n) is 8.25. The predicted octanol–water partition coefficient (Wildman–Crippen LogP) is 4.70. The van der Waals surface area contributed by atoms with Gasteiger partial charge in [-0.15, -0.1) is 11.3 Å². The zero-order valence-corrected chi connectivity index (χ0v) is 15.5. The highest BCUT2D eigenvalue weighted by atomic mass is 32.1. The van der Waals surface area contributed by atoms with E-state index >= 15 is 0 Å². The van der Waals surface area contributed by atoms with E-state index in [0.717, 1.165) is 33.1 Å². The number of benzene rings is 1. The van der Waals surface area contributed by atoms with Gasteiger partial charge in [0.05, 0.1) is 10.7 Å². The Morgan fingerprint density at radius 1 is 1.12 bits per heavy atom. The number of amides is 1. The van der Waals surface area contributed by atoms with Gasteiger partial charge >= 0.3 is 0 Å². The van der Waals surface area contributed by atoms with E-state index < -0.39 is 0 Å². The Kier molecular flexibility index (Phi) is 5.24. The first kappa shape index (κ1) is 17.3. The van der Waals surface area contributed by atoms with Crippen LogP contribution in [-0.4, -0.2) is 15.9 Å². The van der Waals surface area contributed by atoms with Crippen molar-refractivity contribution in [1.29, 1.82) is 0 Å². The van der Waals surface area contributed by atoms with Gasteiger partial charge in [0.25, 0.3) is 0 Å². The van der Waals surface area contributed by atoms with Crippen LogP contribution in [0.5, 0.6) is 0 Å². The van der Waals surface area contributed by atoms with Gasteiger partial charge in [0, 0.05) is 41.9 Å². The first-order chi connectivity index (χ1) is 12.0. The van der Waals surface area contributed by atoms with E-state index in [-0.39, 0.29) is 5.91 Å². The zero-order valence-electron chi connectivity index (χ0n) is 14.7. The van der Waals surface area contributed by atoms with Gasteiger partial charge < -0.3 is 5.32 Å². The number of hydrogen-bond donors (Lipinski definition) is 1. The van der Waals surface area contributed by atoms with Crippen LogP contribution in [0.1, 0.15) is 28.1 Å². The van der Waals surface area contributed by atoms with Gasteiger partial charge in [-0.05, 0) is 44.0 Å². The Hall–Kier alpha value is -2.53. The van der Waals surface area contributed by atoms with Crippen LogP contribution in [-0.2, 0) is 11.2 Å². The number of nitrogens with zero attached hydrogens (tertiary/aromatic N) is 2. The van der Waals surface area contributed by atoms with Gasteiger partial charge in [-0.3, -0.25) is 9.78 Å². The van der Waals surface area contributed by atoms with E-state index in [0.29, 0.717) is 12.8 Å². The summed E-state index contributed by atoms with van der Waals surface area (Å²) in [6, 6.07) is 8.05. The molecule has 1 N–H and O–H groups in total. The third kappa shape index (κ3) is 4.31. The smallest absolute Gasteiger partial charge is 0.224 e.